The van der Waals surface area contributed by atoms with E-state index in [1.54, 1.807) is 6.20 Å². The van der Waals surface area contributed by atoms with Crippen molar-refractivity contribution in [2.24, 2.45) is 0 Å². The van der Waals surface area contributed by atoms with Gasteiger partial charge in [0, 0.05) is 30.5 Å². The second kappa shape index (κ2) is 8.02. The lowest BCUT2D eigenvalue weighted by Crippen LogP contribution is -2.30. The third-order valence-electron chi connectivity index (χ3n) is 3.15. The number of rotatable bonds is 6. The van der Waals surface area contributed by atoms with Crippen molar-refractivity contribution in [3.63, 3.8) is 0 Å². The number of ether oxygens (including phenoxy) is 1. The topological polar surface area (TPSA) is 63.2 Å². The first-order chi connectivity index (χ1) is 10.7. The maximum Gasteiger partial charge on any atom is 0.319 e. The Morgan fingerprint density at radius 1 is 1.27 bits per heavy atom. The van der Waals surface area contributed by atoms with Gasteiger partial charge in [-0.2, -0.15) is 0 Å². The molecule has 1 aromatic heterocycles. The number of urea groups is 1. The van der Waals surface area contributed by atoms with Crippen LogP contribution in [0.3, 0.4) is 0 Å². The summed E-state index contributed by atoms with van der Waals surface area (Å²) in [6.07, 6.45) is 2.45. The molecule has 0 bridgehead atoms. The maximum absolute atomic E-state index is 11.9. The average molecular weight is 299 g/mol. The molecule has 2 amide bonds. The van der Waals surface area contributed by atoms with E-state index in [-0.39, 0.29) is 6.03 Å². The van der Waals surface area contributed by atoms with Gasteiger partial charge in [-0.15, -0.1) is 0 Å². The Morgan fingerprint density at radius 2 is 2.14 bits per heavy atom. The lowest BCUT2D eigenvalue weighted by Gasteiger charge is -2.11. The molecule has 0 aliphatic rings. The van der Waals surface area contributed by atoms with Crippen LogP contribution in [-0.2, 0) is 6.42 Å². The number of nitrogens with one attached hydrogen (secondary N) is 2. The van der Waals surface area contributed by atoms with E-state index >= 15 is 0 Å². The molecular formula is C17H21N3O2. The van der Waals surface area contributed by atoms with Gasteiger partial charge >= 0.3 is 6.03 Å². The highest BCUT2D eigenvalue weighted by atomic mass is 16.5. The SMILES string of the molecule is CCOc1ccc(NC(=O)NCCc2ccccn2)c(C)c1. The van der Waals surface area contributed by atoms with Crippen LogP contribution in [0, 0.1) is 6.92 Å². The van der Waals surface area contributed by atoms with Gasteiger partial charge in [0.05, 0.1) is 6.61 Å². The minimum atomic E-state index is -0.219. The van der Waals surface area contributed by atoms with Crippen molar-refractivity contribution in [3.05, 3.63) is 53.9 Å². The van der Waals surface area contributed by atoms with Crippen molar-refractivity contribution in [3.8, 4) is 5.75 Å². The first-order valence-electron chi connectivity index (χ1n) is 7.37. The summed E-state index contributed by atoms with van der Waals surface area (Å²) in [7, 11) is 0. The van der Waals surface area contributed by atoms with Gasteiger partial charge in [0.1, 0.15) is 5.75 Å². The maximum atomic E-state index is 11.9. The van der Waals surface area contributed by atoms with Crippen molar-refractivity contribution in [1.29, 1.82) is 0 Å². The Morgan fingerprint density at radius 3 is 2.82 bits per heavy atom. The molecule has 0 aliphatic heterocycles. The molecule has 22 heavy (non-hydrogen) atoms. The number of carbonyl (C=O) groups excluding carboxylic acids is 1. The van der Waals surface area contributed by atoms with Crippen LogP contribution < -0.4 is 15.4 Å². The minimum absolute atomic E-state index is 0.219. The summed E-state index contributed by atoms with van der Waals surface area (Å²) in [6, 6.07) is 11.1. The number of benzene rings is 1. The molecule has 116 valence electrons. The molecule has 0 spiro atoms. The van der Waals surface area contributed by atoms with Crippen molar-refractivity contribution in [2.75, 3.05) is 18.5 Å². The first kappa shape index (κ1) is 15.8. The molecule has 0 atom stereocenters. The smallest absolute Gasteiger partial charge is 0.319 e. The third kappa shape index (κ3) is 4.77. The van der Waals surface area contributed by atoms with Gasteiger partial charge in [0.2, 0.25) is 0 Å². The number of amides is 2. The summed E-state index contributed by atoms with van der Waals surface area (Å²) >= 11 is 0. The molecule has 0 saturated carbocycles. The molecule has 2 N–H and O–H groups in total. The number of anilines is 1. The van der Waals surface area contributed by atoms with Gasteiger partial charge in [-0.25, -0.2) is 4.79 Å². The highest BCUT2D eigenvalue weighted by Crippen LogP contribution is 2.21. The van der Waals surface area contributed by atoms with E-state index < -0.39 is 0 Å². The van der Waals surface area contributed by atoms with E-state index in [1.165, 1.54) is 0 Å². The van der Waals surface area contributed by atoms with Gasteiger partial charge in [-0.05, 0) is 49.7 Å². The molecule has 0 radical (unpaired) electrons. The fraction of sp³-hybridized carbons (Fsp3) is 0.294. The summed E-state index contributed by atoms with van der Waals surface area (Å²) in [4.78, 5) is 16.1. The van der Waals surface area contributed by atoms with Gasteiger partial charge in [-0.3, -0.25) is 4.98 Å². The van der Waals surface area contributed by atoms with Crippen LogP contribution in [0.4, 0.5) is 10.5 Å². The molecule has 2 rings (SSSR count). The lowest BCUT2D eigenvalue weighted by molar-refractivity contribution is 0.252. The predicted molar refractivity (Wildman–Crippen MR) is 87.3 cm³/mol. The molecule has 1 aromatic carbocycles. The van der Waals surface area contributed by atoms with Crippen molar-refractivity contribution < 1.29 is 9.53 Å². The Bertz CT molecular complexity index is 615. The van der Waals surface area contributed by atoms with Crippen molar-refractivity contribution >= 4 is 11.7 Å². The van der Waals surface area contributed by atoms with Gasteiger partial charge in [-0.1, -0.05) is 6.07 Å². The van der Waals surface area contributed by atoms with E-state index in [4.69, 9.17) is 4.74 Å². The van der Waals surface area contributed by atoms with Gasteiger partial charge < -0.3 is 15.4 Å². The number of hydrogen-bond donors (Lipinski definition) is 2. The normalized spacial score (nSPS) is 10.1. The van der Waals surface area contributed by atoms with Crippen LogP contribution in [0.2, 0.25) is 0 Å². The number of aryl methyl sites for hydroxylation is 1. The molecule has 0 saturated heterocycles. The monoisotopic (exact) mass is 299 g/mol. The molecule has 0 unspecified atom stereocenters. The fourth-order valence-electron chi connectivity index (χ4n) is 2.05. The number of pyridine rings is 1. The first-order valence-corrected chi connectivity index (χ1v) is 7.37. The molecule has 5 nitrogen and oxygen atoms in total. The summed E-state index contributed by atoms with van der Waals surface area (Å²) in [5, 5.41) is 5.67. The van der Waals surface area contributed by atoms with E-state index in [1.807, 2.05) is 50.2 Å². The molecule has 2 aromatic rings. The van der Waals surface area contributed by atoms with Gasteiger partial charge in [0.25, 0.3) is 0 Å². The summed E-state index contributed by atoms with van der Waals surface area (Å²) in [5.41, 5.74) is 2.70. The van der Waals surface area contributed by atoms with E-state index in [0.717, 1.165) is 22.7 Å². The Hall–Kier alpha value is -2.56. The predicted octanol–water partition coefficient (Wildman–Crippen LogP) is 3.15. The molecule has 0 fully saturated rings. The number of aromatic nitrogens is 1. The Kier molecular flexibility index (Phi) is 5.77. The van der Waals surface area contributed by atoms with E-state index in [0.29, 0.717) is 19.6 Å². The zero-order valence-corrected chi connectivity index (χ0v) is 12.9. The van der Waals surface area contributed by atoms with Crippen LogP contribution in [0.5, 0.6) is 5.75 Å². The van der Waals surface area contributed by atoms with Crippen LogP contribution >= 0.6 is 0 Å². The standard InChI is InChI=1S/C17H21N3O2/c1-3-22-15-7-8-16(13(2)12-15)20-17(21)19-11-9-14-6-4-5-10-18-14/h4-8,10,12H,3,9,11H2,1-2H3,(H2,19,20,21). The quantitative estimate of drug-likeness (QED) is 0.861. The highest BCUT2D eigenvalue weighted by molar-refractivity contribution is 5.90. The highest BCUT2D eigenvalue weighted by Gasteiger charge is 2.05. The van der Waals surface area contributed by atoms with E-state index in [9.17, 15) is 4.79 Å². The second-order valence-corrected chi connectivity index (χ2v) is 4.86. The number of hydrogen-bond acceptors (Lipinski definition) is 3. The van der Waals surface area contributed by atoms with Crippen LogP contribution in [-0.4, -0.2) is 24.2 Å². The minimum Gasteiger partial charge on any atom is -0.494 e. The zero-order valence-electron chi connectivity index (χ0n) is 12.9. The summed E-state index contributed by atoms with van der Waals surface area (Å²) in [6.45, 7) is 5.04. The molecule has 5 heteroatoms. The number of carbonyl (C=O) groups is 1. The van der Waals surface area contributed by atoms with E-state index in [2.05, 4.69) is 15.6 Å². The summed E-state index contributed by atoms with van der Waals surface area (Å²) < 4.78 is 5.43. The third-order valence-corrected chi connectivity index (χ3v) is 3.15. The van der Waals surface area contributed by atoms with Crippen molar-refractivity contribution in [2.45, 2.75) is 20.3 Å². The van der Waals surface area contributed by atoms with Crippen LogP contribution in [0.15, 0.2) is 42.6 Å². The van der Waals surface area contributed by atoms with Crippen LogP contribution in [0.25, 0.3) is 0 Å². The Balaban J connectivity index is 1.81. The fourth-order valence-corrected chi connectivity index (χ4v) is 2.05. The molecule has 1 heterocycles. The lowest BCUT2D eigenvalue weighted by atomic mass is 10.2. The number of nitrogens with zero attached hydrogens (tertiary/aromatic N) is 1. The van der Waals surface area contributed by atoms with Crippen LogP contribution in [0.1, 0.15) is 18.2 Å². The molecule has 0 aliphatic carbocycles. The zero-order chi connectivity index (χ0) is 15.8. The second-order valence-electron chi connectivity index (χ2n) is 4.86. The summed E-state index contributed by atoms with van der Waals surface area (Å²) in [5.74, 6) is 0.807. The largest absolute Gasteiger partial charge is 0.494 e. The van der Waals surface area contributed by atoms with Gasteiger partial charge in [0.15, 0.2) is 0 Å². The Labute approximate surface area is 130 Å². The average Bonchev–Trinajstić information content (AvgIpc) is 2.51. The molecular weight excluding hydrogens is 278 g/mol. The van der Waals surface area contributed by atoms with Crippen molar-refractivity contribution in [1.82, 2.24) is 10.3 Å².